The van der Waals surface area contributed by atoms with Crippen LogP contribution in [0.4, 0.5) is 10.1 Å². The second-order valence-electron chi connectivity index (χ2n) is 5.34. The molecule has 2 saturated heterocycles. The number of carbonyl (C=O) groups is 1. The average molecular weight is 295 g/mol. The zero-order chi connectivity index (χ0) is 14.8. The second-order valence-corrected chi connectivity index (χ2v) is 5.34. The molecule has 0 saturated carbocycles. The van der Waals surface area contributed by atoms with Gasteiger partial charge in [-0.1, -0.05) is 6.07 Å². The first-order valence-corrected chi connectivity index (χ1v) is 7.12. The first kappa shape index (κ1) is 14.3. The van der Waals surface area contributed by atoms with Gasteiger partial charge in [0.2, 0.25) is 0 Å². The lowest BCUT2D eigenvalue weighted by Crippen LogP contribution is -2.36. The molecule has 3 rings (SSSR count). The zero-order valence-electron chi connectivity index (χ0n) is 11.6. The summed E-state index contributed by atoms with van der Waals surface area (Å²) in [5.41, 5.74) is 1.14. The summed E-state index contributed by atoms with van der Waals surface area (Å²) in [6.45, 7) is 2.31. The number of carbonyl (C=O) groups excluding carboxylic acids is 1. The van der Waals surface area contributed by atoms with Gasteiger partial charge in [0.25, 0.3) is 0 Å². The molecule has 0 aliphatic carbocycles. The number of hydrogen-bond donors (Lipinski definition) is 1. The van der Waals surface area contributed by atoms with Crippen molar-refractivity contribution < 1.29 is 23.8 Å². The fourth-order valence-electron chi connectivity index (χ4n) is 2.84. The summed E-state index contributed by atoms with van der Waals surface area (Å²) >= 11 is 0. The van der Waals surface area contributed by atoms with E-state index in [0.29, 0.717) is 44.0 Å². The number of esters is 1. The largest absolute Gasteiger partial charge is 0.459 e. The molecular weight excluding hydrogens is 277 g/mol. The van der Waals surface area contributed by atoms with Gasteiger partial charge in [-0.25, -0.2) is 4.39 Å². The minimum absolute atomic E-state index is 0.198. The average Bonchev–Trinajstić information content (AvgIpc) is 2.89. The molecule has 5 nitrogen and oxygen atoms in total. The maximum atomic E-state index is 14.3. The van der Waals surface area contributed by atoms with E-state index in [-0.39, 0.29) is 12.4 Å². The van der Waals surface area contributed by atoms with Crippen LogP contribution in [0.25, 0.3) is 0 Å². The Morgan fingerprint density at radius 3 is 2.71 bits per heavy atom. The Hall–Kier alpha value is -1.66. The van der Waals surface area contributed by atoms with E-state index in [1.54, 1.807) is 12.1 Å². The van der Waals surface area contributed by atoms with Gasteiger partial charge in [-0.2, -0.15) is 0 Å². The van der Waals surface area contributed by atoms with Gasteiger partial charge in [0.15, 0.2) is 0 Å². The van der Waals surface area contributed by atoms with Gasteiger partial charge in [-0.15, -0.1) is 0 Å². The van der Waals surface area contributed by atoms with Crippen molar-refractivity contribution in [1.29, 1.82) is 0 Å². The van der Waals surface area contributed by atoms with Crippen molar-refractivity contribution in [3.8, 4) is 0 Å². The second kappa shape index (κ2) is 5.99. The van der Waals surface area contributed by atoms with E-state index in [1.165, 1.54) is 6.07 Å². The van der Waals surface area contributed by atoms with E-state index < -0.39 is 18.0 Å². The molecule has 1 N–H and O–H groups in total. The van der Waals surface area contributed by atoms with Crippen LogP contribution >= 0.6 is 0 Å². The van der Waals surface area contributed by atoms with Crippen molar-refractivity contribution in [3.63, 3.8) is 0 Å². The van der Waals surface area contributed by atoms with Crippen molar-refractivity contribution in [2.45, 2.75) is 18.4 Å². The van der Waals surface area contributed by atoms with Gasteiger partial charge in [0.1, 0.15) is 11.9 Å². The summed E-state index contributed by atoms with van der Waals surface area (Å²) in [5.74, 6) is -1.22. The predicted molar refractivity (Wildman–Crippen MR) is 73.8 cm³/mol. The smallest absolute Gasteiger partial charge is 0.313 e. The first-order valence-electron chi connectivity index (χ1n) is 7.12. The number of nitrogens with zero attached hydrogens (tertiary/aromatic N) is 1. The molecule has 2 heterocycles. The number of anilines is 1. The van der Waals surface area contributed by atoms with Gasteiger partial charge in [-0.05, 0) is 17.7 Å². The molecule has 2 aliphatic heterocycles. The van der Waals surface area contributed by atoms with Crippen molar-refractivity contribution >= 4 is 11.7 Å². The number of morpholine rings is 1. The van der Waals surface area contributed by atoms with Crippen LogP contribution < -0.4 is 4.90 Å². The quantitative estimate of drug-likeness (QED) is 0.845. The van der Waals surface area contributed by atoms with Crippen LogP contribution in [0.1, 0.15) is 17.9 Å². The summed E-state index contributed by atoms with van der Waals surface area (Å²) in [4.78, 5) is 13.7. The Bertz CT molecular complexity index is 530. The van der Waals surface area contributed by atoms with Gasteiger partial charge < -0.3 is 19.5 Å². The van der Waals surface area contributed by atoms with Gasteiger partial charge in [-0.3, -0.25) is 4.79 Å². The maximum absolute atomic E-state index is 14.3. The first-order chi connectivity index (χ1) is 10.2. The Balaban J connectivity index is 1.79. The van der Waals surface area contributed by atoms with Crippen LogP contribution in [-0.4, -0.2) is 50.1 Å². The van der Waals surface area contributed by atoms with Crippen molar-refractivity contribution in [2.75, 3.05) is 37.8 Å². The minimum Gasteiger partial charge on any atom is -0.459 e. The Labute approximate surface area is 122 Å². The number of rotatable bonds is 3. The minimum atomic E-state index is -0.490. The normalized spacial score (nSPS) is 26.0. The number of ether oxygens (including phenoxy) is 2. The molecule has 1 aromatic carbocycles. The highest BCUT2D eigenvalue weighted by Crippen LogP contribution is 2.33. The Kier molecular flexibility index (Phi) is 4.07. The summed E-state index contributed by atoms with van der Waals surface area (Å²) < 4.78 is 24.6. The number of halogens is 1. The predicted octanol–water partition coefficient (Wildman–Crippen LogP) is 1.05. The highest BCUT2D eigenvalue weighted by atomic mass is 19.1. The summed E-state index contributed by atoms with van der Waals surface area (Å²) in [6.07, 6.45) is -0.0874. The molecule has 0 radical (unpaired) electrons. The van der Waals surface area contributed by atoms with Crippen LogP contribution in [0.2, 0.25) is 0 Å². The monoisotopic (exact) mass is 295 g/mol. The van der Waals surface area contributed by atoms with Gasteiger partial charge in [0, 0.05) is 19.5 Å². The fourth-order valence-corrected chi connectivity index (χ4v) is 2.84. The molecule has 21 heavy (non-hydrogen) atoms. The highest BCUT2D eigenvalue weighted by Gasteiger charge is 2.35. The van der Waals surface area contributed by atoms with E-state index in [4.69, 9.17) is 14.6 Å². The molecule has 2 aliphatic rings. The summed E-state index contributed by atoms with van der Waals surface area (Å²) in [6, 6.07) is 4.87. The molecule has 2 fully saturated rings. The fraction of sp³-hybridized carbons (Fsp3) is 0.533. The highest BCUT2D eigenvalue weighted by molar-refractivity contribution is 5.80. The number of aliphatic hydroxyl groups is 1. The summed E-state index contributed by atoms with van der Waals surface area (Å²) in [5, 5.41) is 9.05. The molecule has 0 aromatic heterocycles. The molecule has 0 spiro atoms. The molecule has 6 heteroatoms. The zero-order valence-corrected chi connectivity index (χ0v) is 11.6. The van der Waals surface area contributed by atoms with E-state index in [0.717, 1.165) is 0 Å². The topological polar surface area (TPSA) is 59.0 Å². The molecule has 0 bridgehead atoms. The number of cyclic esters (lactones) is 1. The summed E-state index contributed by atoms with van der Waals surface area (Å²) in [7, 11) is 0. The van der Waals surface area contributed by atoms with E-state index in [9.17, 15) is 9.18 Å². The Morgan fingerprint density at radius 2 is 2.10 bits per heavy atom. The lowest BCUT2D eigenvalue weighted by Gasteiger charge is -2.29. The third-order valence-electron chi connectivity index (χ3n) is 4.00. The van der Waals surface area contributed by atoms with Crippen LogP contribution in [0.15, 0.2) is 18.2 Å². The van der Waals surface area contributed by atoms with Crippen LogP contribution in [0.5, 0.6) is 0 Å². The number of aliphatic hydroxyl groups excluding tert-OH is 1. The van der Waals surface area contributed by atoms with E-state index >= 15 is 0 Å². The molecule has 114 valence electrons. The third-order valence-corrected chi connectivity index (χ3v) is 4.00. The molecule has 0 amide bonds. The molecule has 1 unspecified atom stereocenters. The van der Waals surface area contributed by atoms with Crippen molar-refractivity contribution in [3.05, 3.63) is 29.6 Å². The van der Waals surface area contributed by atoms with E-state index in [2.05, 4.69) is 0 Å². The molecule has 2 atom stereocenters. The number of benzene rings is 1. The third kappa shape index (κ3) is 2.87. The van der Waals surface area contributed by atoms with Crippen molar-refractivity contribution in [2.24, 2.45) is 0 Å². The lowest BCUT2D eigenvalue weighted by atomic mass is 9.95. The number of hydrogen-bond acceptors (Lipinski definition) is 5. The van der Waals surface area contributed by atoms with Crippen LogP contribution in [0, 0.1) is 5.82 Å². The lowest BCUT2D eigenvalue weighted by molar-refractivity contribution is -0.143. The van der Waals surface area contributed by atoms with Gasteiger partial charge in [0.05, 0.1) is 31.4 Å². The van der Waals surface area contributed by atoms with Crippen LogP contribution in [0.3, 0.4) is 0 Å². The standard InChI is InChI=1S/C15H18FNO4/c16-13-7-10(12-8-11(9-18)21-15(12)19)1-2-14(13)17-3-5-20-6-4-17/h1-2,7,11-12,18H,3-6,8-9H2/t11-,12?/m1/s1. The van der Waals surface area contributed by atoms with Gasteiger partial charge >= 0.3 is 5.97 Å². The Morgan fingerprint density at radius 1 is 1.33 bits per heavy atom. The van der Waals surface area contributed by atoms with E-state index in [1.807, 2.05) is 4.90 Å². The molecule has 1 aromatic rings. The van der Waals surface area contributed by atoms with Crippen molar-refractivity contribution in [1.82, 2.24) is 0 Å². The molecular formula is C15H18FNO4. The maximum Gasteiger partial charge on any atom is 0.313 e. The SMILES string of the molecule is O=C1O[C@@H](CO)CC1c1ccc(N2CCOCC2)c(F)c1. The van der Waals surface area contributed by atoms with Crippen LogP contribution in [-0.2, 0) is 14.3 Å².